The Morgan fingerprint density at radius 1 is 0.583 bits per heavy atom. The van der Waals surface area contributed by atoms with E-state index in [1.165, 1.54) is 0 Å². The highest BCUT2D eigenvalue weighted by Gasteiger charge is 2.30. The summed E-state index contributed by atoms with van der Waals surface area (Å²) in [6.07, 6.45) is 0. The van der Waals surface area contributed by atoms with Crippen molar-refractivity contribution < 1.29 is 0 Å². The van der Waals surface area contributed by atoms with Crippen molar-refractivity contribution in [2.45, 2.75) is 32.7 Å². The third-order valence-electron chi connectivity index (χ3n) is 2.16. The Bertz CT molecular complexity index is 117. The van der Waals surface area contributed by atoms with Crippen LogP contribution in [0.25, 0.3) is 0 Å². The van der Waals surface area contributed by atoms with Crippen molar-refractivity contribution in [3.05, 3.63) is 0 Å². The van der Waals surface area contributed by atoms with Crippen LogP contribution in [0.4, 0.5) is 0 Å². The molecule has 0 N–H and O–H groups in total. The normalized spacial score (nSPS) is 13.0. The lowest BCUT2D eigenvalue weighted by atomic mass is 11.9. The molecule has 0 saturated heterocycles. The van der Waals surface area contributed by atoms with E-state index >= 15 is 0 Å². The standard InChI is InChI=1S/C5H15Cl2Si5/c1-8(6)10(3)12(5)11(4)9(2)7/h1-5H3. The van der Waals surface area contributed by atoms with E-state index in [1.807, 2.05) is 0 Å². The summed E-state index contributed by atoms with van der Waals surface area (Å²) in [5, 5.41) is 0. The van der Waals surface area contributed by atoms with Gasteiger partial charge in [-0.25, -0.2) is 0 Å². The molecular weight excluding hydrogens is 271 g/mol. The van der Waals surface area contributed by atoms with Crippen molar-refractivity contribution in [1.82, 2.24) is 0 Å². The summed E-state index contributed by atoms with van der Waals surface area (Å²) in [6.45, 7) is 11.8. The Kier molecular flexibility index (Phi) is 7.07. The van der Waals surface area contributed by atoms with Gasteiger partial charge in [-0.3, -0.25) is 0 Å². The van der Waals surface area contributed by atoms with Gasteiger partial charge in [-0.05, 0) is 0 Å². The first kappa shape index (κ1) is 13.7. The second kappa shape index (κ2) is 6.20. The van der Waals surface area contributed by atoms with Crippen molar-refractivity contribution in [3.63, 3.8) is 0 Å². The van der Waals surface area contributed by atoms with Crippen LogP contribution in [0.2, 0.25) is 32.7 Å². The predicted molar refractivity (Wildman–Crippen MR) is 69.8 cm³/mol. The number of hydrogen-bond donors (Lipinski definition) is 0. The van der Waals surface area contributed by atoms with E-state index in [-0.39, 0.29) is 23.5 Å². The van der Waals surface area contributed by atoms with Crippen molar-refractivity contribution in [1.29, 1.82) is 0 Å². The van der Waals surface area contributed by atoms with Gasteiger partial charge in [0.25, 0.3) is 0 Å². The monoisotopic (exact) mass is 285 g/mol. The quantitative estimate of drug-likeness (QED) is 0.550. The molecule has 7 heteroatoms. The highest BCUT2D eigenvalue weighted by atomic mass is 35.6. The molecule has 12 heavy (non-hydrogen) atoms. The SMILES string of the molecule is C[Si](Cl)[Si](C)[Si](C)[Si](C)[Si](C)Cl. The number of hydrogen-bond acceptors (Lipinski definition) is 0. The largest absolute Gasteiger partial charge is 0.174 e. The summed E-state index contributed by atoms with van der Waals surface area (Å²) in [7, 11) is -1.43. The smallest absolute Gasteiger partial charge is 0.144 e. The van der Waals surface area contributed by atoms with Crippen molar-refractivity contribution in [2.24, 2.45) is 0 Å². The van der Waals surface area contributed by atoms with Gasteiger partial charge in [0.15, 0.2) is 0 Å². The maximum atomic E-state index is 6.23. The fraction of sp³-hybridized carbons (Fsp3) is 1.00. The van der Waals surface area contributed by atoms with Gasteiger partial charge in [0.05, 0.1) is 0 Å². The zero-order valence-corrected chi connectivity index (χ0v) is 14.8. The molecule has 0 amide bonds. The van der Waals surface area contributed by atoms with Gasteiger partial charge in [0.2, 0.25) is 0 Å². The minimum Gasteiger partial charge on any atom is -0.174 e. The molecule has 0 saturated carbocycles. The van der Waals surface area contributed by atoms with Gasteiger partial charge >= 0.3 is 0 Å². The van der Waals surface area contributed by atoms with Gasteiger partial charge < -0.3 is 0 Å². The van der Waals surface area contributed by atoms with Crippen LogP contribution < -0.4 is 0 Å². The highest BCUT2D eigenvalue weighted by Crippen LogP contribution is 2.07. The molecule has 0 bridgehead atoms. The summed E-state index contributed by atoms with van der Waals surface area (Å²) < 4.78 is 0. The molecule has 69 valence electrons. The Labute approximate surface area is 93.3 Å². The van der Waals surface area contributed by atoms with E-state index in [9.17, 15) is 0 Å². The molecule has 0 aromatic heterocycles. The van der Waals surface area contributed by atoms with Gasteiger partial charge in [-0.15, -0.1) is 0 Å². The molecule has 0 aromatic rings. The average Bonchev–Trinajstić information content (AvgIpc) is 2.00. The van der Waals surface area contributed by atoms with Crippen LogP contribution in [0.1, 0.15) is 0 Å². The topological polar surface area (TPSA) is 0 Å². The molecule has 0 nitrogen and oxygen atoms in total. The van der Waals surface area contributed by atoms with Crippen molar-refractivity contribution >= 4 is 60.9 Å². The lowest BCUT2D eigenvalue weighted by Gasteiger charge is -2.23. The van der Waals surface area contributed by atoms with E-state index < -0.39 is 15.2 Å². The van der Waals surface area contributed by atoms with E-state index in [4.69, 9.17) is 22.2 Å². The first-order chi connectivity index (χ1) is 5.37. The molecule has 0 fully saturated rings. The fourth-order valence-corrected chi connectivity index (χ4v) is 57.1. The summed E-state index contributed by atoms with van der Waals surface area (Å²) >= 11 is 12.5. The Morgan fingerprint density at radius 2 is 0.833 bits per heavy atom. The van der Waals surface area contributed by atoms with Gasteiger partial charge in [-0.1, -0.05) is 32.7 Å². The minimum atomic E-state index is -0.487. The molecule has 5 radical (unpaired) electrons. The second-order valence-corrected chi connectivity index (χ2v) is 36.6. The third kappa shape index (κ3) is 4.25. The van der Waals surface area contributed by atoms with Gasteiger partial charge in [-0.2, -0.15) is 22.2 Å². The maximum Gasteiger partial charge on any atom is 0.144 e. The van der Waals surface area contributed by atoms with Crippen LogP contribution in [0.15, 0.2) is 0 Å². The summed E-state index contributed by atoms with van der Waals surface area (Å²) in [5.74, 6) is 0. The van der Waals surface area contributed by atoms with Crippen LogP contribution >= 0.6 is 22.2 Å². The molecule has 0 aliphatic rings. The molecule has 0 heterocycles. The van der Waals surface area contributed by atoms with Crippen LogP contribution in [-0.4, -0.2) is 38.7 Å². The van der Waals surface area contributed by atoms with Crippen LogP contribution in [0.5, 0.6) is 0 Å². The second-order valence-electron chi connectivity index (χ2n) is 2.94. The summed E-state index contributed by atoms with van der Waals surface area (Å²) in [5.41, 5.74) is 0. The molecule has 0 aliphatic heterocycles. The number of rotatable bonds is 4. The van der Waals surface area contributed by atoms with E-state index in [0.29, 0.717) is 0 Å². The highest BCUT2D eigenvalue weighted by molar-refractivity contribution is 7.80. The first-order valence-electron chi connectivity index (χ1n) is 3.88. The zero-order chi connectivity index (χ0) is 9.89. The first-order valence-corrected chi connectivity index (χ1v) is 19.9. The molecular formula is C5H15Cl2Si5. The van der Waals surface area contributed by atoms with E-state index in [2.05, 4.69) is 32.7 Å². The Hall–Kier alpha value is 1.66. The predicted octanol–water partition coefficient (Wildman–Crippen LogP) is 2.39. The molecule has 0 atom stereocenters. The van der Waals surface area contributed by atoms with Crippen LogP contribution in [0, 0.1) is 0 Å². The molecule has 0 aliphatic carbocycles. The summed E-state index contributed by atoms with van der Waals surface area (Å²) in [6, 6.07) is 0. The van der Waals surface area contributed by atoms with Crippen LogP contribution in [0.3, 0.4) is 0 Å². The molecule has 0 aromatic carbocycles. The van der Waals surface area contributed by atoms with Gasteiger partial charge in [0, 0.05) is 23.5 Å². The minimum absolute atomic E-state index is 0.114. The Morgan fingerprint density at radius 3 is 1.00 bits per heavy atom. The van der Waals surface area contributed by atoms with Crippen LogP contribution in [-0.2, 0) is 0 Å². The third-order valence-corrected chi connectivity index (χ3v) is 52.1. The lowest BCUT2D eigenvalue weighted by molar-refractivity contribution is 2.15. The van der Waals surface area contributed by atoms with E-state index in [0.717, 1.165) is 0 Å². The maximum absolute atomic E-state index is 6.23. The lowest BCUT2D eigenvalue weighted by Crippen LogP contribution is -2.53. The zero-order valence-electron chi connectivity index (χ0n) is 8.26. The van der Waals surface area contributed by atoms with Gasteiger partial charge in [0.1, 0.15) is 15.2 Å². The number of halogens is 2. The van der Waals surface area contributed by atoms with E-state index in [1.54, 1.807) is 0 Å². The molecule has 0 spiro atoms. The summed E-state index contributed by atoms with van der Waals surface area (Å²) in [4.78, 5) is 0. The van der Waals surface area contributed by atoms with Crippen molar-refractivity contribution in [2.75, 3.05) is 0 Å². The molecule has 0 rings (SSSR count). The molecule has 0 unspecified atom stereocenters. The fourth-order valence-electron chi connectivity index (χ4n) is 0.798. The Balaban J connectivity index is 4.08. The van der Waals surface area contributed by atoms with Crippen molar-refractivity contribution in [3.8, 4) is 0 Å². The average molecular weight is 287 g/mol.